The third kappa shape index (κ3) is 2.07. The summed E-state index contributed by atoms with van der Waals surface area (Å²) in [6, 6.07) is 2.00. The molecule has 2 aromatic rings. The SMILES string of the molecule is Cc1c(CC(C)(C)C(=O)O)ccn2c(C3CC3)nnc12. The smallest absolute Gasteiger partial charge is 0.309 e. The van der Waals surface area contributed by atoms with Gasteiger partial charge in [0.1, 0.15) is 5.82 Å². The standard InChI is InChI=1S/C15H19N3O2/c1-9-11(8-15(2,3)14(19)20)6-7-18-12(9)16-17-13(18)10-4-5-10/h6-7,10H,4-5,8H2,1-3H3,(H,19,20). The Balaban J connectivity index is 2.01. The van der Waals surface area contributed by atoms with Crippen LogP contribution in [0.4, 0.5) is 0 Å². The number of carboxylic acids is 1. The number of aryl methyl sites for hydroxylation is 1. The van der Waals surface area contributed by atoms with E-state index in [4.69, 9.17) is 0 Å². The van der Waals surface area contributed by atoms with E-state index in [-0.39, 0.29) is 0 Å². The Labute approximate surface area is 117 Å². The number of aromatic nitrogens is 3. The van der Waals surface area contributed by atoms with Crippen molar-refractivity contribution >= 4 is 11.6 Å². The zero-order valence-electron chi connectivity index (χ0n) is 12.1. The maximum atomic E-state index is 11.3. The quantitative estimate of drug-likeness (QED) is 0.929. The van der Waals surface area contributed by atoms with Gasteiger partial charge in [0.05, 0.1) is 5.41 Å². The van der Waals surface area contributed by atoms with E-state index in [1.807, 2.05) is 23.6 Å². The Kier molecular flexibility index (Phi) is 2.81. The summed E-state index contributed by atoms with van der Waals surface area (Å²) in [4.78, 5) is 11.3. The number of rotatable bonds is 4. The largest absolute Gasteiger partial charge is 0.481 e. The minimum atomic E-state index is -0.781. The van der Waals surface area contributed by atoms with Crippen LogP contribution in [-0.2, 0) is 11.2 Å². The fourth-order valence-electron chi connectivity index (χ4n) is 2.50. The van der Waals surface area contributed by atoms with Crippen LogP contribution in [0.15, 0.2) is 12.3 Å². The normalized spacial score (nSPS) is 15.8. The number of fused-ring (bicyclic) bond motifs is 1. The van der Waals surface area contributed by atoms with Crippen LogP contribution in [0.2, 0.25) is 0 Å². The molecule has 20 heavy (non-hydrogen) atoms. The molecule has 1 saturated carbocycles. The van der Waals surface area contributed by atoms with E-state index in [0.717, 1.165) is 22.6 Å². The molecule has 1 fully saturated rings. The summed E-state index contributed by atoms with van der Waals surface area (Å²) < 4.78 is 2.05. The molecule has 1 aliphatic carbocycles. The predicted octanol–water partition coefficient (Wildman–Crippen LogP) is 2.57. The molecular weight excluding hydrogens is 254 g/mol. The lowest BCUT2D eigenvalue weighted by atomic mass is 9.85. The molecule has 106 valence electrons. The van der Waals surface area contributed by atoms with Crippen molar-refractivity contribution in [3.8, 4) is 0 Å². The van der Waals surface area contributed by atoms with Gasteiger partial charge in [-0.1, -0.05) is 0 Å². The van der Waals surface area contributed by atoms with Gasteiger partial charge in [-0.25, -0.2) is 0 Å². The molecule has 2 heterocycles. The fraction of sp³-hybridized carbons (Fsp3) is 0.533. The van der Waals surface area contributed by atoms with Crippen LogP contribution < -0.4 is 0 Å². The highest BCUT2D eigenvalue weighted by Gasteiger charge is 2.31. The van der Waals surface area contributed by atoms with E-state index in [9.17, 15) is 9.90 Å². The summed E-state index contributed by atoms with van der Waals surface area (Å²) in [7, 11) is 0. The molecule has 1 N–H and O–H groups in total. The van der Waals surface area contributed by atoms with Gasteiger partial charge >= 0.3 is 5.97 Å². The summed E-state index contributed by atoms with van der Waals surface area (Å²) in [6.45, 7) is 5.49. The van der Waals surface area contributed by atoms with Gasteiger partial charge in [0, 0.05) is 12.1 Å². The summed E-state index contributed by atoms with van der Waals surface area (Å²) in [5.74, 6) is 0.801. The van der Waals surface area contributed by atoms with E-state index in [0.29, 0.717) is 12.3 Å². The molecule has 5 heteroatoms. The average molecular weight is 273 g/mol. The van der Waals surface area contributed by atoms with Crippen molar-refractivity contribution in [3.05, 3.63) is 29.2 Å². The van der Waals surface area contributed by atoms with E-state index in [1.54, 1.807) is 13.8 Å². The van der Waals surface area contributed by atoms with Crippen LogP contribution in [-0.4, -0.2) is 25.7 Å². The molecule has 0 atom stereocenters. The van der Waals surface area contributed by atoms with Crippen LogP contribution in [0.1, 0.15) is 49.6 Å². The molecule has 0 amide bonds. The van der Waals surface area contributed by atoms with Gasteiger partial charge < -0.3 is 5.11 Å². The Hall–Kier alpha value is -1.91. The van der Waals surface area contributed by atoms with Crippen LogP contribution >= 0.6 is 0 Å². The zero-order chi connectivity index (χ0) is 14.5. The van der Waals surface area contributed by atoms with Crippen LogP contribution in [0.25, 0.3) is 5.65 Å². The van der Waals surface area contributed by atoms with Crippen molar-refractivity contribution in [1.82, 2.24) is 14.6 Å². The predicted molar refractivity (Wildman–Crippen MR) is 74.8 cm³/mol. The number of hydrogen-bond donors (Lipinski definition) is 1. The number of nitrogens with zero attached hydrogens (tertiary/aromatic N) is 3. The van der Waals surface area contributed by atoms with Crippen molar-refractivity contribution < 1.29 is 9.90 Å². The first-order chi connectivity index (χ1) is 9.40. The molecule has 0 spiro atoms. The van der Waals surface area contributed by atoms with Crippen molar-refractivity contribution in [2.45, 2.75) is 46.0 Å². The van der Waals surface area contributed by atoms with Gasteiger partial charge in [-0.05, 0) is 57.2 Å². The second-order valence-electron chi connectivity index (χ2n) is 6.36. The highest BCUT2D eigenvalue weighted by molar-refractivity contribution is 5.74. The second kappa shape index (κ2) is 4.30. The van der Waals surface area contributed by atoms with Gasteiger partial charge in [0.2, 0.25) is 0 Å². The molecule has 0 bridgehead atoms. The topological polar surface area (TPSA) is 67.5 Å². The molecule has 0 unspecified atom stereocenters. The molecule has 0 aliphatic heterocycles. The van der Waals surface area contributed by atoms with Gasteiger partial charge in [-0.2, -0.15) is 0 Å². The first-order valence-electron chi connectivity index (χ1n) is 6.96. The second-order valence-corrected chi connectivity index (χ2v) is 6.36. The van der Waals surface area contributed by atoms with Crippen LogP contribution in [0.3, 0.4) is 0 Å². The number of carboxylic acid groups (broad SMARTS) is 1. The molecule has 0 radical (unpaired) electrons. The third-order valence-corrected chi connectivity index (χ3v) is 4.12. The van der Waals surface area contributed by atoms with Crippen molar-refractivity contribution in [2.24, 2.45) is 5.41 Å². The Morgan fingerprint density at radius 2 is 2.15 bits per heavy atom. The molecule has 5 nitrogen and oxygen atoms in total. The number of hydrogen-bond acceptors (Lipinski definition) is 3. The first-order valence-corrected chi connectivity index (χ1v) is 6.96. The maximum Gasteiger partial charge on any atom is 0.309 e. The molecule has 0 saturated heterocycles. The average Bonchev–Trinajstić information content (AvgIpc) is 3.12. The summed E-state index contributed by atoms with van der Waals surface area (Å²) in [5, 5.41) is 17.8. The Morgan fingerprint density at radius 1 is 1.45 bits per heavy atom. The van der Waals surface area contributed by atoms with Crippen molar-refractivity contribution in [3.63, 3.8) is 0 Å². The minimum absolute atomic E-state index is 0.496. The van der Waals surface area contributed by atoms with Crippen molar-refractivity contribution in [2.75, 3.05) is 0 Å². The lowest BCUT2D eigenvalue weighted by Gasteiger charge is -2.20. The summed E-state index contributed by atoms with van der Waals surface area (Å²) in [6.07, 6.45) is 4.85. The first kappa shape index (κ1) is 13.1. The lowest BCUT2D eigenvalue weighted by Crippen LogP contribution is -2.26. The third-order valence-electron chi connectivity index (χ3n) is 4.12. The van der Waals surface area contributed by atoms with Crippen molar-refractivity contribution in [1.29, 1.82) is 0 Å². The molecule has 1 aliphatic rings. The van der Waals surface area contributed by atoms with E-state index in [2.05, 4.69) is 10.2 Å². The molecule has 2 aromatic heterocycles. The highest BCUT2D eigenvalue weighted by Crippen LogP contribution is 2.39. The van der Waals surface area contributed by atoms with Crippen LogP contribution in [0.5, 0.6) is 0 Å². The molecule has 3 rings (SSSR count). The fourth-order valence-corrected chi connectivity index (χ4v) is 2.50. The maximum absolute atomic E-state index is 11.3. The van der Waals surface area contributed by atoms with Crippen LogP contribution in [0, 0.1) is 12.3 Å². The number of carbonyl (C=O) groups is 1. The zero-order valence-corrected chi connectivity index (χ0v) is 12.1. The molecular formula is C15H19N3O2. The monoisotopic (exact) mass is 273 g/mol. The number of pyridine rings is 1. The van der Waals surface area contributed by atoms with E-state index in [1.165, 1.54) is 12.8 Å². The highest BCUT2D eigenvalue weighted by atomic mass is 16.4. The Bertz CT molecular complexity index is 684. The molecule has 0 aromatic carbocycles. The number of aliphatic carboxylic acids is 1. The summed E-state index contributed by atoms with van der Waals surface area (Å²) in [5.41, 5.74) is 2.13. The van der Waals surface area contributed by atoms with Gasteiger partial charge in [0.15, 0.2) is 5.65 Å². The van der Waals surface area contributed by atoms with Gasteiger partial charge in [0.25, 0.3) is 0 Å². The minimum Gasteiger partial charge on any atom is -0.481 e. The summed E-state index contributed by atoms with van der Waals surface area (Å²) >= 11 is 0. The van der Waals surface area contributed by atoms with Gasteiger partial charge in [-0.3, -0.25) is 9.20 Å². The van der Waals surface area contributed by atoms with E-state index < -0.39 is 11.4 Å². The lowest BCUT2D eigenvalue weighted by molar-refractivity contribution is -0.146. The van der Waals surface area contributed by atoms with Gasteiger partial charge in [-0.15, -0.1) is 10.2 Å². The van der Waals surface area contributed by atoms with E-state index >= 15 is 0 Å². The Morgan fingerprint density at radius 3 is 2.75 bits per heavy atom.